The molecular weight excluding hydrogens is 346 g/mol. The first-order chi connectivity index (χ1) is 11.5. The predicted octanol–water partition coefficient (Wildman–Crippen LogP) is 2.30. The van der Waals surface area contributed by atoms with Crippen LogP contribution >= 0.6 is 11.3 Å². The summed E-state index contributed by atoms with van der Waals surface area (Å²) in [7, 11) is -3.14. The number of anilines is 1. The Balaban J connectivity index is 1.49. The lowest BCUT2D eigenvalue weighted by atomic mass is 9.97. The lowest BCUT2D eigenvalue weighted by Crippen LogP contribution is -2.26. The topological polar surface area (TPSA) is 88.2 Å². The van der Waals surface area contributed by atoms with E-state index in [0.29, 0.717) is 11.0 Å². The maximum atomic E-state index is 12.2. The number of hydrogen-bond acceptors (Lipinski definition) is 6. The van der Waals surface area contributed by atoms with Crippen molar-refractivity contribution in [2.24, 2.45) is 0 Å². The van der Waals surface area contributed by atoms with Gasteiger partial charge >= 0.3 is 0 Å². The van der Waals surface area contributed by atoms with Crippen LogP contribution in [0.15, 0.2) is 6.20 Å². The zero-order chi connectivity index (χ0) is 17.0. The Hall–Kier alpha value is -0.990. The molecule has 0 radical (unpaired) electrons. The average Bonchev–Trinajstić information content (AvgIpc) is 3.26. The molecule has 2 N–H and O–H groups in total. The Bertz CT molecular complexity index is 660. The number of carbonyl (C=O) groups is 1. The van der Waals surface area contributed by atoms with Gasteiger partial charge in [0.1, 0.15) is 0 Å². The summed E-state index contributed by atoms with van der Waals surface area (Å²) in [5.41, 5.74) is 0. The summed E-state index contributed by atoms with van der Waals surface area (Å²) in [6.45, 7) is 2.03. The molecule has 1 aliphatic carbocycles. The molecule has 0 spiro atoms. The van der Waals surface area contributed by atoms with Gasteiger partial charge in [-0.05, 0) is 44.7 Å². The van der Waals surface area contributed by atoms with Gasteiger partial charge in [-0.2, -0.15) is 0 Å². The molecule has 2 heterocycles. The van der Waals surface area contributed by atoms with Crippen molar-refractivity contribution in [3.63, 3.8) is 0 Å². The number of nitrogens with zero attached hydrogens (tertiary/aromatic N) is 1. The molecule has 3 rings (SSSR count). The first kappa shape index (κ1) is 17.8. The minimum Gasteiger partial charge on any atom is -0.317 e. The van der Waals surface area contributed by atoms with Crippen LogP contribution in [0.1, 0.15) is 55.7 Å². The largest absolute Gasteiger partial charge is 0.317 e. The fourth-order valence-corrected chi connectivity index (χ4v) is 6.33. The number of sulfone groups is 1. The van der Waals surface area contributed by atoms with Crippen LogP contribution in [0.4, 0.5) is 5.13 Å². The molecule has 8 heteroatoms. The van der Waals surface area contributed by atoms with Crippen LogP contribution in [0.2, 0.25) is 0 Å². The molecule has 2 fully saturated rings. The van der Waals surface area contributed by atoms with Gasteiger partial charge in [-0.3, -0.25) is 4.79 Å². The highest BCUT2D eigenvalue weighted by Gasteiger charge is 2.29. The Morgan fingerprint density at radius 3 is 2.67 bits per heavy atom. The van der Waals surface area contributed by atoms with Crippen molar-refractivity contribution in [3.05, 3.63) is 11.1 Å². The van der Waals surface area contributed by atoms with Crippen molar-refractivity contribution < 1.29 is 13.2 Å². The van der Waals surface area contributed by atoms with Gasteiger partial charge in [0, 0.05) is 17.5 Å². The second-order valence-corrected chi connectivity index (χ2v) is 10.1. The van der Waals surface area contributed by atoms with E-state index >= 15 is 0 Å². The van der Waals surface area contributed by atoms with Crippen molar-refractivity contribution in [2.45, 2.75) is 56.1 Å². The molecule has 1 aromatic rings. The first-order valence-corrected chi connectivity index (χ1v) is 11.3. The third kappa shape index (κ3) is 4.55. The smallest absolute Gasteiger partial charge is 0.227 e. The Morgan fingerprint density at radius 2 is 1.96 bits per heavy atom. The van der Waals surface area contributed by atoms with Crippen LogP contribution in [0.5, 0.6) is 0 Å². The van der Waals surface area contributed by atoms with Crippen LogP contribution < -0.4 is 10.6 Å². The zero-order valence-corrected chi connectivity index (χ0v) is 15.4. The molecule has 1 saturated carbocycles. The van der Waals surface area contributed by atoms with Crippen molar-refractivity contribution in [1.29, 1.82) is 0 Å². The SMILES string of the molecule is O=C(CCS(=O)(=O)C1CCCC1)Nc1ncc(C2CCNCC2)s1. The number of piperidine rings is 1. The van der Waals surface area contributed by atoms with Gasteiger partial charge in [0.2, 0.25) is 5.91 Å². The van der Waals surface area contributed by atoms with E-state index in [1.54, 1.807) is 0 Å². The predicted molar refractivity (Wildman–Crippen MR) is 96.2 cm³/mol. The standard InChI is InChI=1S/C16H25N3O3S2/c20-15(7-10-24(21,22)13-3-1-2-4-13)19-16-18-11-14(23-16)12-5-8-17-9-6-12/h11-13,17H,1-10H2,(H,18,19,20). The third-order valence-corrected chi connectivity index (χ3v) is 8.27. The normalized spacial score (nSPS) is 20.3. The van der Waals surface area contributed by atoms with Gasteiger partial charge < -0.3 is 10.6 Å². The molecule has 0 bridgehead atoms. The molecule has 0 aromatic carbocycles. The number of nitrogens with one attached hydrogen (secondary N) is 2. The van der Waals surface area contributed by atoms with Gasteiger partial charge in [0.15, 0.2) is 15.0 Å². The van der Waals surface area contributed by atoms with Gasteiger partial charge in [-0.15, -0.1) is 11.3 Å². The van der Waals surface area contributed by atoms with Gasteiger partial charge in [0.25, 0.3) is 0 Å². The molecule has 1 saturated heterocycles. The molecule has 6 nitrogen and oxygen atoms in total. The molecule has 1 aromatic heterocycles. The summed E-state index contributed by atoms with van der Waals surface area (Å²) in [6.07, 6.45) is 7.49. The molecule has 0 unspecified atom stereocenters. The molecule has 1 aliphatic heterocycles. The number of rotatable bonds is 6. The fourth-order valence-electron chi connectivity index (χ4n) is 3.47. The summed E-state index contributed by atoms with van der Waals surface area (Å²) >= 11 is 1.51. The highest BCUT2D eigenvalue weighted by atomic mass is 32.2. The lowest BCUT2D eigenvalue weighted by molar-refractivity contribution is -0.115. The maximum Gasteiger partial charge on any atom is 0.227 e. The van der Waals surface area contributed by atoms with Gasteiger partial charge in [-0.1, -0.05) is 12.8 Å². The monoisotopic (exact) mass is 371 g/mol. The lowest BCUT2D eigenvalue weighted by Gasteiger charge is -2.20. The van der Waals surface area contributed by atoms with Crippen molar-refractivity contribution in [3.8, 4) is 0 Å². The van der Waals surface area contributed by atoms with E-state index in [1.165, 1.54) is 16.2 Å². The third-order valence-electron chi connectivity index (χ3n) is 4.94. The van der Waals surface area contributed by atoms with Crippen LogP contribution in [-0.2, 0) is 14.6 Å². The van der Waals surface area contributed by atoms with Crippen LogP contribution in [0.3, 0.4) is 0 Å². The summed E-state index contributed by atoms with van der Waals surface area (Å²) in [4.78, 5) is 17.5. The second kappa shape index (κ2) is 7.93. The summed E-state index contributed by atoms with van der Waals surface area (Å²) in [5, 5.41) is 6.42. The molecule has 134 valence electrons. The van der Waals surface area contributed by atoms with E-state index in [4.69, 9.17) is 0 Å². The van der Waals surface area contributed by atoms with Crippen LogP contribution in [0.25, 0.3) is 0 Å². The quantitative estimate of drug-likeness (QED) is 0.801. The fraction of sp³-hybridized carbons (Fsp3) is 0.750. The van der Waals surface area contributed by atoms with Gasteiger partial charge in [-0.25, -0.2) is 13.4 Å². The average molecular weight is 372 g/mol. The molecule has 24 heavy (non-hydrogen) atoms. The summed E-state index contributed by atoms with van der Waals surface area (Å²) in [5.74, 6) is 0.190. The molecular formula is C16H25N3O3S2. The number of aromatic nitrogens is 1. The number of carbonyl (C=O) groups excluding carboxylic acids is 1. The highest BCUT2D eigenvalue weighted by molar-refractivity contribution is 7.92. The van der Waals surface area contributed by atoms with Gasteiger partial charge in [0.05, 0.1) is 11.0 Å². The summed E-state index contributed by atoms with van der Waals surface area (Å²) in [6, 6.07) is 0. The van der Waals surface area contributed by atoms with E-state index in [9.17, 15) is 13.2 Å². The van der Waals surface area contributed by atoms with E-state index in [0.717, 1.165) is 51.6 Å². The first-order valence-electron chi connectivity index (χ1n) is 8.72. The van der Waals surface area contributed by atoms with E-state index in [-0.39, 0.29) is 23.3 Å². The summed E-state index contributed by atoms with van der Waals surface area (Å²) < 4.78 is 24.4. The molecule has 0 atom stereocenters. The number of thiazole rings is 1. The second-order valence-electron chi connectivity index (χ2n) is 6.66. The Kier molecular flexibility index (Phi) is 5.89. The zero-order valence-electron chi connectivity index (χ0n) is 13.8. The minimum atomic E-state index is -3.14. The van der Waals surface area contributed by atoms with Crippen LogP contribution in [-0.4, -0.2) is 43.4 Å². The van der Waals surface area contributed by atoms with Crippen LogP contribution in [0, 0.1) is 0 Å². The van der Waals surface area contributed by atoms with Crippen molar-refractivity contribution in [1.82, 2.24) is 10.3 Å². The maximum absolute atomic E-state index is 12.2. The number of hydrogen-bond donors (Lipinski definition) is 2. The Labute approximate surface area is 147 Å². The van der Waals surface area contributed by atoms with Crippen molar-refractivity contribution >= 4 is 32.2 Å². The van der Waals surface area contributed by atoms with E-state index in [2.05, 4.69) is 15.6 Å². The van der Waals surface area contributed by atoms with E-state index < -0.39 is 9.84 Å². The highest BCUT2D eigenvalue weighted by Crippen LogP contribution is 2.31. The Morgan fingerprint density at radius 1 is 1.25 bits per heavy atom. The number of amides is 1. The minimum absolute atomic E-state index is 0.0150. The molecule has 2 aliphatic rings. The van der Waals surface area contributed by atoms with E-state index in [1.807, 2.05) is 6.20 Å². The molecule has 1 amide bonds. The van der Waals surface area contributed by atoms with Crippen molar-refractivity contribution in [2.75, 3.05) is 24.2 Å².